The van der Waals surface area contributed by atoms with E-state index in [2.05, 4.69) is 4.72 Å². The molecule has 4 nitrogen and oxygen atoms in total. The molecule has 8 heteroatoms. The van der Waals surface area contributed by atoms with Crippen molar-refractivity contribution in [1.82, 2.24) is 0 Å². The lowest BCUT2D eigenvalue weighted by atomic mass is 9.89. The summed E-state index contributed by atoms with van der Waals surface area (Å²) in [5.74, 6) is 0.453. The molecule has 0 bridgehead atoms. The summed E-state index contributed by atoms with van der Waals surface area (Å²) in [5.41, 5.74) is 0.949. The summed E-state index contributed by atoms with van der Waals surface area (Å²) in [6, 6.07) is 9.71. The Balaban J connectivity index is 2.06. The van der Waals surface area contributed by atoms with Gasteiger partial charge in [-0.25, -0.2) is 8.42 Å². The minimum Gasteiger partial charge on any atom is -0.483 e. The van der Waals surface area contributed by atoms with Crippen molar-refractivity contribution in [2.24, 2.45) is 0 Å². The molecule has 0 radical (unpaired) electrons. The third-order valence-corrected chi connectivity index (χ3v) is 4.32. The van der Waals surface area contributed by atoms with Gasteiger partial charge in [0, 0.05) is 11.6 Å². The number of anilines is 1. The third kappa shape index (κ3) is 3.85. The highest BCUT2D eigenvalue weighted by Gasteiger charge is 2.31. The van der Waals surface area contributed by atoms with Crippen LogP contribution in [-0.2, 0) is 17.1 Å². The Bertz CT molecular complexity index is 937. The highest BCUT2D eigenvalue weighted by atomic mass is 32.2. The number of ether oxygens (including phenoxy) is 1. The van der Waals surface area contributed by atoms with Gasteiger partial charge in [-0.2, -0.15) is 13.2 Å². The zero-order valence-electron chi connectivity index (χ0n) is 13.9. The normalized spacial score (nSPS) is 15.8. The summed E-state index contributed by atoms with van der Waals surface area (Å²) in [5, 5.41) is 0. The second-order valence-corrected chi connectivity index (χ2v) is 7.16. The molecular formula is C18H16F3NO3S. The first kappa shape index (κ1) is 18.3. The number of benzene rings is 2. The number of hydrogen-bond donors (Lipinski definition) is 2. The summed E-state index contributed by atoms with van der Waals surface area (Å²) in [7, 11) is -2.81. The van der Waals surface area contributed by atoms with E-state index in [-0.39, 0.29) is 0 Å². The molecule has 1 N–H and O–H groups in total. The molecule has 0 atom stereocenters. The van der Waals surface area contributed by atoms with Gasteiger partial charge < -0.3 is 4.74 Å². The van der Waals surface area contributed by atoms with Gasteiger partial charge in [0.2, 0.25) is 10.9 Å². The maximum atomic E-state index is 12.8. The van der Waals surface area contributed by atoms with E-state index < -0.39 is 28.2 Å². The maximum absolute atomic E-state index is 12.8. The number of thiol groups is 1. The quantitative estimate of drug-likeness (QED) is 0.780. The number of alkyl halides is 3. The Kier molecular flexibility index (Phi) is 4.47. The molecule has 0 aromatic heterocycles. The van der Waals surface area contributed by atoms with Gasteiger partial charge in [0.15, 0.2) is 0 Å². The molecule has 1 aliphatic heterocycles. The highest BCUT2D eigenvalue weighted by Crippen LogP contribution is 2.41. The molecule has 0 unspecified atom stereocenters. The summed E-state index contributed by atoms with van der Waals surface area (Å²) >= 11 is 0. The van der Waals surface area contributed by atoms with E-state index in [1.165, 1.54) is 12.1 Å². The molecule has 26 heavy (non-hydrogen) atoms. The van der Waals surface area contributed by atoms with Gasteiger partial charge in [-0.15, -0.1) is 0 Å². The van der Waals surface area contributed by atoms with Crippen molar-refractivity contribution in [3.05, 3.63) is 65.2 Å². The zero-order chi connectivity index (χ0) is 19.1. The van der Waals surface area contributed by atoms with Gasteiger partial charge in [0.05, 0.1) is 11.3 Å². The average molecular weight is 383 g/mol. The number of nitrogens with one attached hydrogen (secondary N) is 1. The predicted molar refractivity (Wildman–Crippen MR) is 93.6 cm³/mol. The van der Waals surface area contributed by atoms with Crippen molar-refractivity contribution >= 4 is 22.2 Å². The molecule has 0 fully saturated rings. The molecule has 2 aromatic carbocycles. The van der Waals surface area contributed by atoms with E-state index in [0.717, 1.165) is 17.7 Å². The smallest absolute Gasteiger partial charge is 0.416 e. The van der Waals surface area contributed by atoms with E-state index in [0.29, 0.717) is 22.6 Å². The lowest BCUT2D eigenvalue weighted by molar-refractivity contribution is -0.137. The first-order chi connectivity index (χ1) is 12.0. The Labute approximate surface area is 150 Å². The molecule has 2 aromatic rings. The predicted octanol–water partition coefficient (Wildman–Crippen LogP) is 4.25. The summed E-state index contributed by atoms with van der Waals surface area (Å²) in [6.07, 6.45) is -2.56. The minimum absolute atomic E-state index is 0.351. The fraction of sp³-hybridized carbons (Fsp3) is 0.222. The lowest BCUT2D eigenvalue weighted by Crippen LogP contribution is -2.29. The zero-order valence-corrected chi connectivity index (χ0v) is 14.8. The molecule has 0 amide bonds. The van der Waals surface area contributed by atoms with Crippen LogP contribution >= 0.6 is 0 Å². The van der Waals surface area contributed by atoms with Gasteiger partial charge in [0.1, 0.15) is 11.4 Å². The van der Waals surface area contributed by atoms with E-state index in [1.807, 2.05) is 19.9 Å². The Morgan fingerprint density at radius 2 is 1.69 bits per heavy atom. The van der Waals surface area contributed by atoms with E-state index in [1.54, 1.807) is 18.2 Å². The van der Waals surface area contributed by atoms with Crippen LogP contribution in [0, 0.1) is 0 Å². The van der Waals surface area contributed by atoms with Crippen LogP contribution in [-0.4, -0.2) is 14.0 Å². The molecule has 1 heterocycles. The van der Waals surface area contributed by atoms with Crippen LogP contribution in [0.2, 0.25) is 0 Å². The number of halogens is 3. The molecule has 0 aliphatic carbocycles. The molecule has 0 saturated carbocycles. The van der Waals surface area contributed by atoms with E-state index >= 15 is 0 Å². The summed E-state index contributed by atoms with van der Waals surface area (Å²) in [4.78, 5) is 0. The van der Waals surface area contributed by atoms with Gasteiger partial charge in [-0.05, 0) is 55.3 Å². The average Bonchev–Trinajstić information content (AvgIpc) is 2.51. The van der Waals surface area contributed by atoms with Crippen LogP contribution < -0.4 is 9.46 Å². The van der Waals surface area contributed by atoms with E-state index in [9.17, 15) is 21.6 Å². The fourth-order valence-corrected chi connectivity index (χ4v) is 3.17. The van der Waals surface area contributed by atoms with Gasteiger partial charge in [-0.1, -0.05) is 12.1 Å². The number of rotatable bonds is 3. The van der Waals surface area contributed by atoms with Crippen LogP contribution in [0.3, 0.4) is 0 Å². The molecule has 138 valence electrons. The molecule has 0 saturated heterocycles. The van der Waals surface area contributed by atoms with Gasteiger partial charge >= 0.3 is 6.18 Å². The maximum Gasteiger partial charge on any atom is 0.416 e. The van der Waals surface area contributed by atoms with Crippen molar-refractivity contribution in [2.45, 2.75) is 25.6 Å². The van der Waals surface area contributed by atoms with Crippen molar-refractivity contribution in [2.75, 3.05) is 4.72 Å². The van der Waals surface area contributed by atoms with Crippen molar-refractivity contribution in [1.29, 1.82) is 0 Å². The minimum atomic E-state index is -4.39. The summed E-state index contributed by atoms with van der Waals surface area (Å²) < 4.78 is 68.2. The van der Waals surface area contributed by atoms with Crippen molar-refractivity contribution in [3.63, 3.8) is 0 Å². The van der Waals surface area contributed by atoms with Crippen LogP contribution in [0.25, 0.3) is 5.57 Å². The topological polar surface area (TPSA) is 55.4 Å². The van der Waals surface area contributed by atoms with Gasteiger partial charge in [-0.3, -0.25) is 4.72 Å². The molecule has 0 spiro atoms. The first-order valence-corrected chi connectivity index (χ1v) is 8.88. The summed E-state index contributed by atoms with van der Waals surface area (Å²) in [6.45, 7) is 3.63. The second-order valence-electron chi connectivity index (χ2n) is 6.42. The van der Waals surface area contributed by atoms with Crippen molar-refractivity contribution < 1.29 is 26.3 Å². The number of hydrogen-bond acceptors (Lipinski definition) is 3. The van der Waals surface area contributed by atoms with Crippen LogP contribution in [0.4, 0.5) is 18.9 Å². The van der Waals surface area contributed by atoms with Crippen LogP contribution in [0.1, 0.15) is 30.5 Å². The largest absolute Gasteiger partial charge is 0.483 e. The highest BCUT2D eigenvalue weighted by molar-refractivity contribution is 7.73. The van der Waals surface area contributed by atoms with Crippen LogP contribution in [0.5, 0.6) is 5.75 Å². The second kappa shape index (κ2) is 6.35. The number of fused-ring (bicyclic) bond motifs is 1. The van der Waals surface area contributed by atoms with Crippen molar-refractivity contribution in [3.8, 4) is 5.75 Å². The Hall–Kier alpha value is -2.48. The standard InChI is InChI=1S/C18H16F3NO3S/c1-17(2)10-15(11-3-5-12(6-4-11)18(19,20)21)14-8-7-13(22-26(23)24)9-16(14)25-17/h3-10,26H,1-2H3,(H,22,23,24). The Morgan fingerprint density at radius 3 is 2.27 bits per heavy atom. The van der Waals surface area contributed by atoms with E-state index in [4.69, 9.17) is 4.74 Å². The molecule has 1 aliphatic rings. The molecule has 3 rings (SSSR count). The Morgan fingerprint density at radius 1 is 1.04 bits per heavy atom. The first-order valence-electron chi connectivity index (χ1n) is 7.70. The molecular weight excluding hydrogens is 367 g/mol. The van der Waals surface area contributed by atoms with Gasteiger partial charge in [0.25, 0.3) is 0 Å². The monoisotopic (exact) mass is 383 g/mol. The van der Waals surface area contributed by atoms with Crippen LogP contribution in [0.15, 0.2) is 48.5 Å². The lowest BCUT2D eigenvalue weighted by Gasteiger charge is -2.31. The fourth-order valence-electron chi connectivity index (χ4n) is 2.82. The SMILES string of the molecule is CC1(C)C=C(c2ccc(C(F)(F)F)cc2)c2ccc(N[SH](=O)=O)cc2O1. The third-order valence-electron chi connectivity index (χ3n) is 3.88.